The monoisotopic (exact) mass is 320 g/mol. The van der Waals surface area contributed by atoms with Crippen LogP contribution >= 0.6 is 0 Å². The molecule has 23 heavy (non-hydrogen) atoms. The molecule has 0 radical (unpaired) electrons. The zero-order chi connectivity index (χ0) is 17.6. The van der Waals surface area contributed by atoms with Crippen molar-refractivity contribution >= 4 is 17.6 Å². The molecular formula is C18H28N2O3. The highest BCUT2D eigenvalue weighted by Crippen LogP contribution is 2.17. The molecule has 1 aromatic rings. The highest BCUT2D eigenvalue weighted by Gasteiger charge is 2.26. The number of benzene rings is 1. The van der Waals surface area contributed by atoms with Gasteiger partial charge in [-0.1, -0.05) is 26.0 Å². The Morgan fingerprint density at radius 3 is 2.13 bits per heavy atom. The molecule has 0 aromatic heterocycles. The van der Waals surface area contributed by atoms with Crippen LogP contribution < -0.4 is 10.6 Å². The third kappa shape index (κ3) is 6.82. The highest BCUT2D eigenvalue weighted by atomic mass is 16.6. The first kappa shape index (κ1) is 19.2. The first-order chi connectivity index (χ1) is 10.6. The van der Waals surface area contributed by atoms with Crippen LogP contribution in [0.4, 0.5) is 5.69 Å². The maximum atomic E-state index is 12.1. The van der Waals surface area contributed by atoms with E-state index in [-0.39, 0.29) is 12.3 Å². The summed E-state index contributed by atoms with van der Waals surface area (Å²) in [4.78, 5) is 24.1. The zero-order valence-corrected chi connectivity index (χ0v) is 14.9. The van der Waals surface area contributed by atoms with Crippen molar-refractivity contribution in [3.8, 4) is 0 Å². The molecule has 0 spiro atoms. The predicted molar refractivity (Wildman–Crippen MR) is 92.5 cm³/mol. The van der Waals surface area contributed by atoms with Crippen LogP contribution in [0, 0.1) is 0 Å². The fourth-order valence-electron chi connectivity index (χ4n) is 2.02. The molecule has 1 aromatic carbocycles. The Morgan fingerprint density at radius 2 is 1.70 bits per heavy atom. The Kier molecular flexibility index (Phi) is 6.76. The van der Waals surface area contributed by atoms with Gasteiger partial charge in [0.15, 0.2) is 0 Å². The summed E-state index contributed by atoms with van der Waals surface area (Å²) in [6.07, 6.45) is 0.0251. The normalized spacial score (nSPS) is 12.8. The number of ether oxygens (including phenoxy) is 1. The van der Waals surface area contributed by atoms with Gasteiger partial charge in [0, 0.05) is 5.69 Å². The van der Waals surface area contributed by atoms with Gasteiger partial charge in [-0.2, -0.15) is 0 Å². The van der Waals surface area contributed by atoms with Crippen molar-refractivity contribution in [1.82, 2.24) is 5.32 Å². The smallest absolute Gasteiger partial charge is 0.324 e. The Morgan fingerprint density at radius 1 is 1.13 bits per heavy atom. The molecule has 1 rings (SSSR count). The number of esters is 1. The van der Waals surface area contributed by atoms with Crippen LogP contribution in [-0.2, 0) is 14.3 Å². The van der Waals surface area contributed by atoms with Gasteiger partial charge in [-0.25, -0.2) is 0 Å². The molecule has 0 bridgehead atoms. The van der Waals surface area contributed by atoms with E-state index in [4.69, 9.17) is 4.74 Å². The Hall–Kier alpha value is -1.88. The molecule has 0 saturated heterocycles. The standard InChI is InChI=1S/C18H28N2O3/c1-12(2)13-7-9-14(10-8-13)20-16(21)11-15(19-6)17(22)23-18(3,4)5/h7-10,12,15,19H,11H2,1-6H3,(H,20,21)/t15-/m0/s1. The van der Waals surface area contributed by atoms with Crippen molar-refractivity contribution < 1.29 is 14.3 Å². The van der Waals surface area contributed by atoms with Crippen molar-refractivity contribution in [3.63, 3.8) is 0 Å². The molecule has 0 aliphatic rings. The van der Waals surface area contributed by atoms with Crippen molar-refractivity contribution in [1.29, 1.82) is 0 Å². The summed E-state index contributed by atoms with van der Waals surface area (Å²) in [5.74, 6) is -0.210. The maximum Gasteiger partial charge on any atom is 0.324 e. The number of carbonyl (C=O) groups is 2. The van der Waals surface area contributed by atoms with Gasteiger partial charge < -0.3 is 15.4 Å². The summed E-state index contributed by atoms with van der Waals surface area (Å²) < 4.78 is 5.30. The van der Waals surface area contributed by atoms with Gasteiger partial charge in [0.1, 0.15) is 11.6 Å². The Labute approximate surface area is 138 Å². The van der Waals surface area contributed by atoms with Crippen LogP contribution in [0.2, 0.25) is 0 Å². The number of likely N-dealkylation sites (N-methyl/N-ethyl adjacent to an activating group) is 1. The molecule has 0 aliphatic carbocycles. The molecule has 1 atom stereocenters. The summed E-state index contributed by atoms with van der Waals surface area (Å²) in [7, 11) is 1.64. The highest BCUT2D eigenvalue weighted by molar-refractivity contribution is 5.94. The lowest BCUT2D eigenvalue weighted by Gasteiger charge is -2.23. The van der Waals surface area contributed by atoms with E-state index >= 15 is 0 Å². The van der Waals surface area contributed by atoms with Crippen molar-refractivity contribution in [2.45, 2.75) is 58.6 Å². The molecule has 5 nitrogen and oxygen atoms in total. The van der Waals surface area contributed by atoms with E-state index in [1.165, 1.54) is 5.56 Å². The van der Waals surface area contributed by atoms with Gasteiger partial charge in [0.05, 0.1) is 6.42 Å². The second-order valence-corrected chi connectivity index (χ2v) is 6.90. The van der Waals surface area contributed by atoms with Gasteiger partial charge in [0.25, 0.3) is 0 Å². The molecule has 128 valence electrons. The third-order valence-electron chi connectivity index (χ3n) is 3.29. The Balaban J connectivity index is 2.61. The van der Waals surface area contributed by atoms with Crippen molar-refractivity contribution in [2.24, 2.45) is 0 Å². The van der Waals surface area contributed by atoms with Crippen molar-refractivity contribution in [2.75, 3.05) is 12.4 Å². The second-order valence-electron chi connectivity index (χ2n) is 6.90. The lowest BCUT2D eigenvalue weighted by Crippen LogP contribution is -2.41. The fraction of sp³-hybridized carbons (Fsp3) is 0.556. The molecule has 0 fully saturated rings. The van der Waals surface area contributed by atoms with E-state index in [0.29, 0.717) is 5.92 Å². The lowest BCUT2D eigenvalue weighted by atomic mass is 10.0. The number of rotatable bonds is 6. The maximum absolute atomic E-state index is 12.1. The van der Waals surface area contributed by atoms with Gasteiger partial charge in [0.2, 0.25) is 5.91 Å². The summed E-state index contributed by atoms with van der Waals surface area (Å²) >= 11 is 0. The fourth-order valence-corrected chi connectivity index (χ4v) is 2.02. The van der Waals surface area contributed by atoms with E-state index in [1.54, 1.807) is 27.8 Å². The van der Waals surface area contributed by atoms with Gasteiger partial charge >= 0.3 is 5.97 Å². The topological polar surface area (TPSA) is 67.4 Å². The second kappa shape index (κ2) is 8.11. The molecule has 0 saturated carbocycles. The average Bonchev–Trinajstić information content (AvgIpc) is 2.43. The number of amides is 1. The SMILES string of the molecule is CN[C@@H](CC(=O)Nc1ccc(C(C)C)cc1)C(=O)OC(C)(C)C. The first-order valence-corrected chi connectivity index (χ1v) is 7.92. The molecule has 5 heteroatoms. The van der Waals surface area contributed by atoms with E-state index in [2.05, 4.69) is 24.5 Å². The van der Waals surface area contributed by atoms with Crippen LogP contribution in [-0.4, -0.2) is 30.6 Å². The van der Waals surface area contributed by atoms with E-state index in [1.807, 2.05) is 24.3 Å². The largest absolute Gasteiger partial charge is 0.459 e. The number of hydrogen-bond donors (Lipinski definition) is 2. The van der Waals surface area contributed by atoms with Crippen LogP contribution in [0.5, 0.6) is 0 Å². The van der Waals surface area contributed by atoms with E-state index in [0.717, 1.165) is 5.69 Å². The van der Waals surface area contributed by atoms with Crippen molar-refractivity contribution in [3.05, 3.63) is 29.8 Å². The summed E-state index contributed by atoms with van der Waals surface area (Å²) in [5.41, 5.74) is 1.36. The third-order valence-corrected chi connectivity index (χ3v) is 3.29. The minimum atomic E-state index is -0.663. The number of carbonyl (C=O) groups excluding carboxylic acids is 2. The number of nitrogens with one attached hydrogen (secondary N) is 2. The van der Waals surface area contributed by atoms with E-state index in [9.17, 15) is 9.59 Å². The quantitative estimate of drug-likeness (QED) is 0.791. The minimum Gasteiger partial charge on any atom is -0.459 e. The summed E-state index contributed by atoms with van der Waals surface area (Å²) in [6.45, 7) is 9.63. The number of anilines is 1. The minimum absolute atomic E-state index is 0.0251. The first-order valence-electron chi connectivity index (χ1n) is 7.92. The lowest BCUT2D eigenvalue weighted by molar-refractivity contribution is -0.158. The van der Waals surface area contributed by atoms with E-state index < -0.39 is 17.6 Å². The van der Waals surface area contributed by atoms with Crippen LogP contribution in [0.25, 0.3) is 0 Å². The number of hydrogen-bond acceptors (Lipinski definition) is 4. The molecular weight excluding hydrogens is 292 g/mol. The molecule has 0 unspecified atom stereocenters. The zero-order valence-electron chi connectivity index (χ0n) is 14.9. The van der Waals surface area contributed by atoms with Crippen LogP contribution in [0.15, 0.2) is 24.3 Å². The molecule has 2 N–H and O–H groups in total. The summed E-state index contributed by atoms with van der Waals surface area (Å²) in [5, 5.41) is 5.63. The van der Waals surface area contributed by atoms with Crippen LogP contribution in [0.1, 0.15) is 52.5 Å². The van der Waals surface area contributed by atoms with Gasteiger partial charge in [-0.3, -0.25) is 9.59 Å². The summed E-state index contributed by atoms with van der Waals surface area (Å²) in [6, 6.07) is 7.06. The van der Waals surface area contributed by atoms with Crippen LogP contribution in [0.3, 0.4) is 0 Å². The molecule has 0 aliphatic heterocycles. The average molecular weight is 320 g/mol. The molecule has 0 heterocycles. The molecule has 1 amide bonds. The van der Waals surface area contributed by atoms with Gasteiger partial charge in [-0.05, 0) is 51.4 Å². The predicted octanol–water partition coefficient (Wildman–Crippen LogP) is 3.07. The van der Waals surface area contributed by atoms with Gasteiger partial charge in [-0.15, -0.1) is 0 Å². The Bertz CT molecular complexity index is 530.